The Labute approximate surface area is 108 Å². The zero-order chi connectivity index (χ0) is 12.3. The third-order valence-electron chi connectivity index (χ3n) is 3.16. The zero-order valence-electron chi connectivity index (χ0n) is 10.6. The van der Waals surface area contributed by atoms with E-state index in [-0.39, 0.29) is 6.04 Å². The van der Waals surface area contributed by atoms with Crippen LogP contribution in [0.25, 0.3) is 0 Å². The Morgan fingerprint density at radius 2 is 2.29 bits per heavy atom. The molecule has 0 saturated heterocycles. The maximum atomic E-state index is 6.22. The van der Waals surface area contributed by atoms with Crippen LogP contribution in [-0.4, -0.2) is 17.6 Å². The van der Waals surface area contributed by atoms with Crippen LogP contribution in [0, 0.1) is 6.92 Å². The van der Waals surface area contributed by atoms with Crippen molar-refractivity contribution in [1.29, 1.82) is 0 Å². The zero-order valence-corrected chi connectivity index (χ0v) is 11.4. The molecule has 0 radical (unpaired) electrons. The smallest absolute Gasteiger partial charge is 0.124 e. The van der Waals surface area contributed by atoms with Crippen molar-refractivity contribution < 1.29 is 4.74 Å². The van der Waals surface area contributed by atoms with Crippen LogP contribution >= 0.6 is 11.8 Å². The van der Waals surface area contributed by atoms with Crippen molar-refractivity contribution in [2.45, 2.75) is 38.8 Å². The second-order valence-electron chi connectivity index (χ2n) is 4.61. The minimum atomic E-state index is 0.135. The lowest BCUT2D eigenvalue weighted by Crippen LogP contribution is -2.30. The molecule has 2 atom stereocenters. The minimum absolute atomic E-state index is 0.135. The highest BCUT2D eigenvalue weighted by atomic mass is 32.2. The average molecular weight is 251 g/mol. The summed E-state index contributed by atoms with van der Waals surface area (Å²) in [5.74, 6) is 3.32. The number of hydrogen-bond acceptors (Lipinski definition) is 3. The second kappa shape index (κ2) is 5.78. The van der Waals surface area contributed by atoms with Crippen molar-refractivity contribution >= 4 is 11.8 Å². The van der Waals surface area contributed by atoms with Gasteiger partial charge in [0, 0.05) is 18.0 Å². The van der Waals surface area contributed by atoms with Crippen LogP contribution in [0.2, 0.25) is 0 Å². The largest absolute Gasteiger partial charge is 0.490 e. The summed E-state index contributed by atoms with van der Waals surface area (Å²) in [6.45, 7) is 4.28. The standard InChI is InChI=1S/C14H21NOS/c1-3-17-7-6-11-9-13(15)12-8-10(2)4-5-14(12)16-11/h4-5,8,11,13H,3,6-7,9,15H2,1-2H3/t11?,13-/m1/s1. The molecule has 1 aliphatic heterocycles. The molecule has 1 aromatic carbocycles. The predicted octanol–water partition coefficient (Wildman–Crippen LogP) is 3.29. The van der Waals surface area contributed by atoms with Crippen LogP contribution in [0.15, 0.2) is 18.2 Å². The number of hydrogen-bond donors (Lipinski definition) is 1. The van der Waals surface area contributed by atoms with Gasteiger partial charge in [0.15, 0.2) is 0 Å². The van der Waals surface area contributed by atoms with Crippen molar-refractivity contribution in [2.24, 2.45) is 5.73 Å². The van der Waals surface area contributed by atoms with Gasteiger partial charge >= 0.3 is 0 Å². The maximum absolute atomic E-state index is 6.22. The van der Waals surface area contributed by atoms with Crippen molar-refractivity contribution in [3.63, 3.8) is 0 Å². The molecule has 2 nitrogen and oxygen atoms in total. The summed E-state index contributed by atoms with van der Waals surface area (Å²) in [5.41, 5.74) is 8.65. The molecule has 0 amide bonds. The van der Waals surface area contributed by atoms with Gasteiger partial charge in [0.1, 0.15) is 11.9 Å². The van der Waals surface area contributed by atoms with Gasteiger partial charge in [0.25, 0.3) is 0 Å². The highest BCUT2D eigenvalue weighted by Crippen LogP contribution is 2.35. The fraction of sp³-hybridized carbons (Fsp3) is 0.571. The van der Waals surface area contributed by atoms with E-state index in [1.165, 1.54) is 16.9 Å². The Morgan fingerprint density at radius 3 is 3.06 bits per heavy atom. The third-order valence-corrected chi connectivity index (χ3v) is 4.10. The molecule has 0 aromatic heterocycles. The number of ether oxygens (including phenoxy) is 1. The number of aryl methyl sites for hydroxylation is 1. The Morgan fingerprint density at radius 1 is 1.47 bits per heavy atom. The maximum Gasteiger partial charge on any atom is 0.124 e. The number of thioether (sulfide) groups is 1. The van der Waals surface area contributed by atoms with Crippen molar-refractivity contribution in [3.05, 3.63) is 29.3 Å². The van der Waals surface area contributed by atoms with Gasteiger partial charge in [0.2, 0.25) is 0 Å². The van der Waals surface area contributed by atoms with E-state index in [0.717, 1.165) is 24.3 Å². The molecule has 1 unspecified atom stereocenters. The summed E-state index contributed by atoms with van der Waals surface area (Å²) in [7, 11) is 0. The molecule has 0 saturated carbocycles. The van der Waals surface area contributed by atoms with Gasteiger partial charge < -0.3 is 10.5 Å². The van der Waals surface area contributed by atoms with E-state index in [4.69, 9.17) is 10.5 Å². The van der Waals surface area contributed by atoms with Crippen LogP contribution in [0.1, 0.15) is 36.9 Å². The molecule has 94 valence electrons. The number of fused-ring (bicyclic) bond motifs is 1. The predicted molar refractivity (Wildman–Crippen MR) is 74.8 cm³/mol. The van der Waals surface area contributed by atoms with E-state index in [0.29, 0.717) is 6.10 Å². The first-order valence-electron chi connectivity index (χ1n) is 6.31. The molecule has 2 N–H and O–H groups in total. The Balaban J connectivity index is 2.03. The molecular weight excluding hydrogens is 230 g/mol. The molecule has 17 heavy (non-hydrogen) atoms. The van der Waals surface area contributed by atoms with E-state index in [9.17, 15) is 0 Å². The molecule has 0 fully saturated rings. The van der Waals surface area contributed by atoms with E-state index < -0.39 is 0 Å². The molecule has 1 aromatic rings. The fourth-order valence-electron chi connectivity index (χ4n) is 2.24. The van der Waals surface area contributed by atoms with Gasteiger partial charge in [-0.15, -0.1) is 0 Å². The monoisotopic (exact) mass is 251 g/mol. The van der Waals surface area contributed by atoms with Gasteiger partial charge in [-0.25, -0.2) is 0 Å². The van der Waals surface area contributed by atoms with Gasteiger partial charge in [0.05, 0.1) is 0 Å². The summed E-state index contributed by atoms with van der Waals surface area (Å²) >= 11 is 1.97. The molecule has 3 heteroatoms. The molecular formula is C14H21NOS. The first kappa shape index (κ1) is 12.8. The number of benzene rings is 1. The molecule has 2 rings (SSSR count). The van der Waals surface area contributed by atoms with Crippen LogP contribution < -0.4 is 10.5 Å². The quantitative estimate of drug-likeness (QED) is 0.834. The average Bonchev–Trinajstić information content (AvgIpc) is 2.31. The second-order valence-corrected chi connectivity index (χ2v) is 6.00. The van der Waals surface area contributed by atoms with E-state index in [1.807, 2.05) is 11.8 Å². The lowest BCUT2D eigenvalue weighted by Gasteiger charge is -2.30. The molecule has 0 spiro atoms. The Bertz CT molecular complexity index is 380. The fourth-order valence-corrected chi connectivity index (χ4v) is 2.96. The van der Waals surface area contributed by atoms with Gasteiger partial charge in [-0.2, -0.15) is 11.8 Å². The lowest BCUT2D eigenvalue weighted by molar-refractivity contribution is 0.156. The molecule has 0 aliphatic carbocycles. The molecule has 1 heterocycles. The van der Waals surface area contributed by atoms with Crippen LogP contribution in [0.3, 0.4) is 0 Å². The van der Waals surface area contributed by atoms with E-state index >= 15 is 0 Å². The van der Waals surface area contributed by atoms with E-state index in [2.05, 4.69) is 32.0 Å². The number of rotatable bonds is 4. The van der Waals surface area contributed by atoms with Crippen LogP contribution in [0.5, 0.6) is 5.75 Å². The molecule has 1 aliphatic rings. The summed E-state index contributed by atoms with van der Waals surface area (Å²) in [4.78, 5) is 0. The highest BCUT2D eigenvalue weighted by molar-refractivity contribution is 7.99. The normalized spacial score (nSPS) is 23.0. The molecule has 0 bridgehead atoms. The topological polar surface area (TPSA) is 35.2 Å². The van der Waals surface area contributed by atoms with Crippen LogP contribution in [0.4, 0.5) is 0 Å². The Kier molecular flexibility index (Phi) is 4.35. The summed E-state index contributed by atoms with van der Waals surface area (Å²) in [6, 6.07) is 6.44. The summed E-state index contributed by atoms with van der Waals surface area (Å²) in [5, 5.41) is 0. The SMILES string of the molecule is CCSCCC1C[C@@H](N)c2cc(C)ccc2O1. The third kappa shape index (κ3) is 3.17. The van der Waals surface area contributed by atoms with Crippen LogP contribution in [-0.2, 0) is 0 Å². The summed E-state index contributed by atoms with van der Waals surface area (Å²) in [6.07, 6.45) is 2.33. The highest BCUT2D eigenvalue weighted by Gasteiger charge is 2.25. The Hall–Kier alpha value is -0.670. The number of nitrogens with two attached hydrogens (primary N) is 1. The first-order valence-corrected chi connectivity index (χ1v) is 7.46. The van der Waals surface area contributed by atoms with Crippen molar-refractivity contribution in [1.82, 2.24) is 0 Å². The summed E-state index contributed by atoms with van der Waals surface area (Å²) < 4.78 is 6.01. The van der Waals surface area contributed by atoms with Gasteiger partial charge in [-0.05, 0) is 30.9 Å². The van der Waals surface area contributed by atoms with Gasteiger partial charge in [-0.1, -0.05) is 24.6 Å². The lowest BCUT2D eigenvalue weighted by atomic mass is 9.95. The first-order chi connectivity index (χ1) is 8.20. The minimum Gasteiger partial charge on any atom is -0.490 e. The van der Waals surface area contributed by atoms with E-state index in [1.54, 1.807) is 0 Å². The van der Waals surface area contributed by atoms with Gasteiger partial charge in [-0.3, -0.25) is 0 Å². The van der Waals surface area contributed by atoms with Crippen molar-refractivity contribution in [2.75, 3.05) is 11.5 Å². The van der Waals surface area contributed by atoms with Crippen molar-refractivity contribution in [3.8, 4) is 5.75 Å².